The molecule has 0 saturated carbocycles. The minimum Gasteiger partial charge on any atom is -0.356 e. The highest BCUT2D eigenvalue weighted by atomic mass is 79.9. The highest BCUT2D eigenvalue weighted by Crippen LogP contribution is 2.28. The van der Waals surface area contributed by atoms with Gasteiger partial charge in [0, 0.05) is 37.2 Å². The molecule has 2 amide bonds. The van der Waals surface area contributed by atoms with Crippen molar-refractivity contribution in [1.29, 1.82) is 0 Å². The quantitative estimate of drug-likeness (QED) is 0.745. The van der Waals surface area contributed by atoms with E-state index in [1.165, 1.54) is 16.4 Å². The minimum atomic E-state index is -3.58. The third kappa shape index (κ3) is 3.65. The van der Waals surface area contributed by atoms with E-state index in [2.05, 4.69) is 21.2 Å². The lowest BCUT2D eigenvalue weighted by molar-refractivity contribution is -0.128. The molecule has 7 nitrogen and oxygen atoms in total. The number of nitrogens with one attached hydrogen (secondary N) is 1. The van der Waals surface area contributed by atoms with Gasteiger partial charge < -0.3 is 10.2 Å². The molecule has 142 valence electrons. The number of benzene rings is 1. The maximum atomic E-state index is 12.7. The molecule has 1 aromatic carbocycles. The summed E-state index contributed by atoms with van der Waals surface area (Å²) in [5.74, 6) is -0.522. The summed E-state index contributed by atoms with van der Waals surface area (Å²) < 4.78 is 27.4. The van der Waals surface area contributed by atoms with Gasteiger partial charge in [0.05, 0.1) is 16.4 Å². The molecule has 9 heteroatoms. The van der Waals surface area contributed by atoms with Gasteiger partial charge in [-0.1, -0.05) is 0 Å². The highest BCUT2D eigenvalue weighted by Gasteiger charge is 2.37. The molecule has 0 aliphatic carbocycles. The van der Waals surface area contributed by atoms with Crippen LogP contribution in [0.4, 0.5) is 0 Å². The van der Waals surface area contributed by atoms with E-state index in [0.29, 0.717) is 42.8 Å². The van der Waals surface area contributed by atoms with Crippen molar-refractivity contribution in [2.75, 3.05) is 32.7 Å². The van der Waals surface area contributed by atoms with Crippen LogP contribution in [0.15, 0.2) is 27.6 Å². The number of hydrogen-bond donors (Lipinski definition) is 1. The van der Waals surface area contributed by atoms with E-state index in [4.69, 9.17) is 0 Å². The lowest BCUT2D eigenvalue weighted by atomic mass is 9.98. The van der Waals surface area contributed by atoms with Crippen molar-refractivity contribution in [3.05, 3.63) is 28.2 Å². The first-order valence-corrected chi connectivity index (χ1v) is 10.9. The fraction of sp³-hybridized carbons (Fsp3) is 0.529. The molecule has 0 aromatic heterocycles. The summed E-state index contributed by atoms with van der Waals surface area (Å²) in [5, 5.41) is 2.75. The van der Waals surface area contributed by atoms with Gasteiger partial charge in [0.1, 0.15) is 0 Å². The lowest BCUT2D eigenvalue weighted by Crippen LogP contribution is -2.55. The van der Waals surface area contributed by atoms with Crippen LogP contribution < -0.4 is 5.32 Å². The van der Waals surface area contributed by atoms with Crippen LogP contribution in [0.2, 0.25) is 0 Å². The SMILES string of the molecule is CCNC(=O)C1CN(C(=O)c2cc(S(=O)(=O)N3CCCC3)ccc2Br)C1. The number of sulfonamides is 1. The molecule has 3 rings (SSSR count). The lowest BCUT2D eigenvalue weighted by Gasteiger charge is -2.38. The summed E-state index contributed by atoms with van der Waals surface area (Å²) in [6, 6.07) is 4.54. The molecule has 2 saturated heterocycles. The number of hydrogen-bond acceptors (Lipinski definition) is 4. The largest absolute Gasteiger partial charge is 0.356 e. The topological polar surface area (TPSA) is 86.8 Å². The Labute approximate surface area is 161 Å². The van der Waals surface area contributed by atoms with E-state index >= 15 is 0 Å². The molecule has 26 heavy (non-hydrogen) atoms. The molecule has 2 aliphatic heterocycles. The van der Waals surface area contributed by atoms with Crippen LogP contribution in [0.5, 0.6) is 0 Å². The molecule has 2 fully saturated rings. The average molecular weight is 444 g/mol. The Morgan fingerprint density at radius 1 is 1.23 bits per heavy atom. The van der Waals surface area contributed by atoms with Crippen molar-refractivity contribution >= 4 is 37.8 Å². The normalized spacial score (nSPS) is 18.6. The fourth-order valence-corrected chi connectivity index (χ4v) is 5.17. The Morgan fingerprint density at radius 2 is 1.88 bits per heavy atom. The highest BCUT2D eigenvalue weighted by molar-refractivity contribution is 9.10. The predicted octanol–water partition coefficient (Wildman–Crippen LogP) is 1.44. The van der Waals surface area contributed by atoms with Crippen LogP contribution >= 0.6 is 15.9 Å². The van der Waals surface area contributed by atoms with Gasteiger partial charge in [0.15, 0.2) is 0 Å². The fourth-order valence-electron chi connectivity index (χ4n) is 3.21. The van der Waals surface area contributed by atoms with E-state index < -0.39 is 10.0 Å². The van der Waals surface area contributed by atoms with Crippen molar-refractivity contribution in [3.63, 3.8) is 0 Å². The third-order valence-corrected chi connectivity index (χ3v) is 7.35. The standard InChI is InChI=1S/C17H22BrN3O4S/c1-2-19-16(22)12-10-20(11-12)17(23)14-9-13(5-6-15(14)18)26(24,25)21-7-3-4-8-21/h5-6,9,12H,2-4,7-8,10-11H2,1H3,(H,19,22). The second-order valence-corrected chi connectivity index (χ2v) is 9.35. The van der Waals surface area contributed by atoms with Crippen LogP contribution in [-0.2, 0) is 14.8 Å². The van der Waals surface area contributed by atoms with Gasteiger partial charge in [0.25, 0.3) is 5.91 Å². The molecular formula is C17H22BrN3O4S. The van der Waals surface area contributed by atoms with Crippen molar-refractivity contribution in [2.45, 2.75) is 24.7 Å². The zero-order chi connectivity index (χ0) is 18.9. The number of carbonyl (C=O) groups is 2. The van der Waals surface area contributed by atoms with Gasteiger partial charge in [0.2, 0.25) is 15.9 Å². The second-order valence-electron chi connectivity index (χ2n) is 6.55. The first-order valence-electron chi connectivity index (χ1n) is 8.71. The monoisotopic (exact) mass is 443 g/mol. The number of carbonyl (C=O) groups excluding carboxylic acids is 2. The first kappa shape index (κ1) is 19.3. The van der Waals surface area contributed by atoms with Crippen LogP contribution in [0.1, 0.15) is 30.1 Å². The third-order valence-electron chi connectivity index (χ3n) is 4.76. The molecule has 0 atom stereocenters. The zero-order valence-electron chi connectivity index (χ0n) is 14.6. The molecule has 1 aromatic rings. The van der Waals surface area contributed by atoms with Gasteiger partial charge in [-0.25, -0.2) is 8.42 Å². The van der Waals surface area contributed by atoms with Crippen molar-refractivity contribution in [2.24, 2.45) is 5.92 Å². The van der Waals surface area contributed by atoms with Gasteiger partial charge in [-0.15, -0.1) is 0 Å². The Balaban J connectivity index is 1.76. The Bertz CT molecular complexity index is 815. The van der Waals surface area contributed by atoms with Crippen LogP contribution in [0.25, 0.3) is 0 Å². The number of halogens is 1. The van der Waals surface area contributed by atoms with Crippen LogP contribution in [-0.4, -0.2) is 62.2 Å². The number of rotatable bonds is 5. The van der Waals surface area contributed by atoms with E-state index in [1.807, 2.05) is 6.92 Å². The number of likely N-dealkylation sites (tertiary alicyclic amines) is 1. The molecular weight excluding hydrogens is 422 g/mol. The van der Waals surface area contributed by atoms with Gasteiger partial charge >= 0.3 is 0 Å². The van der Waals surface area contributed by atoms with Crippen molar-refractivity contribution in [1.82, 2.24) is 14.5 Å². The molecule has 0 spiro atoms. The molecule has 0 unspecified atom stereocenters. The molecule has 2 aliphatic rings. The van der Waals surface area contributed by atoms with E-state index in [-0.39, 0.29) is 22.6 Å². The maximum Gasteiger partial charge on any atom is 0.255 e. The summed E-state index contributed by atoms with van der Waals surface area (Å²) >= 11 is 3.34. The summed E-state index contributed by atoms with van der Waals surface area (Å²) in [6.07, 6.45) is 1.72. The summed E-state index contributed by atoms with van der Waals surface area (Å²) in [5.41, 5.74) is 0.305. The summed E-state index contributed by atoms with van der Waals surface area (Å²) in [7, 11) is -3.58. The van der Waals surface area contributed by atoms with Gasteiger partial charge in [-0.3, -0.25) is 9.59 Å². The summed E-state index contributed by atoms with van der Waals surface area (Å²) in [6.45, 7) is 4.14. The minimum absolute atomic E-state index is 0.0547. The smallest absolute Gasteiger partial charge is 0.255 e. The van der Waals surface area contributed by atoms with E-state index in [0.717, 1.165) is 12.8 Å². The maximum absolute atomic E-state index is 12.7. The van der Waals surface area contributed by atoms with Gasteiger partial charge in [-0.05, 0) is 53.9 Å². The molecule has 0 radical (unpaired) electrons. The van der Waals surface area contributed by atoms with E-state index in [9.17, 15) is 18.0 Å². The number of amides is 2. The predicted molar refractivity (Wildman–Crippen MR) is 100 cm³/mol. The second kappa shape index (κ2) is 7.66. The Kier molecular flexibility index (Phi) is 5.69. The average Bonchev–Trinajstić information content (AvgIpc) is 3.09. The van der Waals surface area contributed by atoms with Crippen LogP contribution in [0.3, 0.4) is 0 Å². The van der Waals surface area contributed by atoms with Crippen molar-refractivity contribution < 1.29 is 18.0 Å². The van der Waals surface area contributed by atoms with E-state index in [1.54, 1.807) is 11.0 Å². The number of nitrogens with zero attached hydrogens (tertiary/aromatic N) is 2. The molecule has 0 bridgehead atoms. The first-order chi connectivity index (χ1) is 12.3. The summed E-state index contributed by atoms with van der Waals surface area (Å²) in [4.78, 5) is 26.2. The Hall–Kier alpha value is -1.45. The van der Waals surface area contributed by atoms with Crippen LogP contribution in [0, 0.1) is 5.92 Å². The Morgan fingerprint density at radius 3 is 2.50 bits per heavy atom. The van der Waals surface area contributed by atoms with Gasteiger partial charge in [-0.2, -0.15) is 4.31 Å². The molecule has 1 N–H and O–H groups in total. The van der Waals surface area contributed by atoms with Crippen molar-refractivity contribution in [3.8, 4) is 0 Å². The zero-order valence-corrected chi connectivity index (χ0v) is 17.0. The molecule has 2 heterocycles.